The number of thioether (sulfide) groups is 1. The Bertz CT molecular complexity index is 86.1. The van der Waals surface area contributed by atoms with Crippen LogP contribution in [0.25, 0.3) is 0 Å². The maximum Gasteiger partial charge on any atom is 0.153 e. The first-order chi connectivity index (χ1) is 3.27. The van der Waals surface area contributed by atoms with Crippen LogP contribution in [0.1, 0.15) is 6.92 Å². The maximum atomic E-state index is 10.1. The van der Waals surface area contributed by atoms with E-state index in [2.05, 4.69) is 0 Å². The van der Waals surface area contributed by atoms with Gasteiger partial charge in [-0.2, -0.15) is 0 Å². The van der Waals surface area contributed by atoms with Crippen LogP contribution in [-0.2, 0) is 4.79 Å². The molecule has 0 N–H and O–H groups in total. The van der Waals surface area contributed by atoms with Gasteiger partial charge in [-0.25, -0.2) is 0 Å². The Morgan fingerprint density at radius 3 is 2.43 bits per heavy atom. The van der Waals surface area contributed by atoms with Gasteiger partial charge in [0.05, 0.1) is 0 Å². The van der Waals surface area contributed by atoms with Crippen molar-refractivity contribution in [3.8, 4) is 0 Å². The molecule has 0 saturated carbocycles. The van der Waals surface area contributed by atoms with Gasteiger partial charge in [-0.05, 0) is 24.7 Å². The molecule has 0 heterocycles. The van der Waals surface area contributed by atoms with Crippen molar-refractivity contribution in [3.05, 3.63) is 11.5 Å². The molecule has 0 aromatic carbocycles. The lowest BCUT2D eigenvalue weighted by Crippen LogP contribution is -1.76. The molecule has 0 saturated heterocycles. The van der Waals surface area contributed by atoms with Crippen LogP contribution in [0.15, 0.2) is 11.5 Å². The van der Waals surface area contributed by atoms with E-state index in [1.54, 1.807) is 11.5 Å². The summed E-state index contributed by atoms with van der Waals surface area (Å²) in [7, 11) is 0. The summed E-state index contributed by atoms with van der Waals surface area (Å²) in [6.07, 6.45) is 3.46. The lowest BCUT2D eigenvalue weighted by molar-refractivity contribution is -0.112. The molecular formula is C5H8OS. The first kappa shape index (κ1) is 6.76. The third kappa shape index (κ3) is 5.76. The molecule has 7 heavy (non-hydrogen) atoms. The number of allylic oxidation sites excluding steroid dienone is 1. The highest BCUT2D eigenvalue weighted by Crippen LogP contribution is 1.91. The predicted molar refractivity (Wildman–Crippen MR) is 33.3 cm³/mol. The monoisotopic (exact) mass is 116 g/mol. The minimum Gasteiger partial charge on any atom is -0.295 e. The zero-order chi connectivity index (χ0) is 5.70. The van der Waals surface area contributed by atoms with Gasteiger partial charge in [-0.15, -0.1) is 11.8 Å². The quantitative estimate of drug-likeness (QED) is 0.508. The molecule has 1 nitrogen and oxygen atoms in total. The Hall–Kier alpha value is -0.240. The molecule has 0 aliphatic rings. The Morgan fingerprint density at radius 2 is 2.29 bits per heavy atom. The lowest BCUT2D eigenvalue weighted by Gasteiger charge is -1.74. The number of hydrogen-bond donors (Lipinski definition) is 0. The summed E-state index contributed by atoms with van der Waals surface area (Å²) in [6, 6.07) is 0. The highest BCUT2D eigenvalue weighted by molar-refractivity contribution is 8.01. The van der Waals surface area contributed by atoms with E-state index in [1.165, 1.54) is 18.7 Å². The molecule has 0 atom stereocenters. The van der Waals surface area contributed by atoms with Crippen molar-refractivity contribution in [2.75, 3.05) is 6.26 Å². The van der Waals surface area contributed by atoms with E-state index >= 15 is 0 Å². The average Bonchev–Trinajstić information content (AvgIpc) is 1.61. The predicted octanol–water partition coefficient (Wildman–Crippen LogP) is 1.45. The summed E-state index contributed by atoms with van der Waals surface area (Å²) in [6.45, 7) is 1.53. The Kier molecular flexibility index (Phi) is 3.80. The smallest absolute Gasteiger partial charge is 0.153 e. The van der Waals surface area contributed by atoms with Crippen LogP contribution in [0, 0.1) is 0 Å². The first-order valence-corrected chi connectivity index (χ1v) is 3.26. The fourth-order valence-corrected chi connectivity index (χ4v) is 0.492. The zero-order valence-electron chi connectivity index (χ0n) is 4.47. The second kappa shape index (κ2) is 3.93. The molecule has 0 aliphatic carbocycles. The Morgan fingerprint density at radius 1 is 1.71 bits per heavy atom. The number of ketones is 1. The van der Waals surface area contributed by atoms with E-state index in [0.717, 1.165) is 0 Å². The molecular weight excluding hydrogens is 108 g/mol. The molecule has 0 rings (SSSR count). The van der Waals surface area contributed by atoms with E-state index < -0.39 is 0 Å². The van der Waals surface area contributed by atoms with Crippen LogP contribution in [0.4, 0.5) is 0 Å². The van der Waals surface area contributed by atoms with Crippen molar-refractivity contribution in [2.45, 2.75) is 6.92 Å². The Balaban J connectivity index is 3.26. The summed E-state index contributed by atoms with van der Waals surface area (Å²) in [5, 5.41) is 1.77. The number of carbonyl (C=O) groups excluding carboxylic acids is 1. The van der Waals surface area contributed by atoms with E-state index in [0.29, 0.717) is 0 Å². The first-order valence-electron chi connectivity index (χ1n) is 1.97. The number of hydrogen-bond acceptors (Lipinski definition) is 2. The van der Waals surface area contributed by atoms with Crippen molar-refractivity contribution in [3.63, 3.8) is 0 Å². The van der Waals surface area contributed by atoms with E-state index in [1.807, 2.05) is 6.26 Å². The van der Waals surface area contributed by atoms with Gasteiger partial charge in [0.1, 0.15) is 0 Å². The van der Waals surface area contributed by atoms with Crippen LogP contribution in [0.5, 0.6) is 0 Å². The zero-order valence-corrected chi connectivity index (χ0v) is 5.29. The van der Waals surface area contributed by atoms with Crippen LogP contribution in [0.3, 0.4) is 0 Å². The molecule has 0 spiro atoms. The fourth-order valence-electron chi connectivity index (χ4n) is 0.164. The SMILES string of the molecule is CS/C=C/C(C)=O. The van der Waals surface area contributed by atoms with Gasteiger partial charge in [0.15, 0.2) is 5.78 Å². The molecule has 0 unspecified atom stereocenters. The molecule has 0 aromatic heterocycles. The van der Waals surface area contributed by atoms with Crippen molar-refractivity contribution in [1.82, 2.24) is 0 Å². The summed E-state index contributed by atoms with van der Waals surface area (Å²) >= 11 is 1.53. The van der Waals surface area contributed by atoms with E-state index in [-0.39, 0.29) is 5.78 Å². The highest BCUT2D eigenvalue weighted by atomic mass is 32.2. The average molecular weight is 116 g/mol. The molecule has 2 heteroatoms. The van der Waals surface area contributed by atoms with Gasteiger partial charge < -0.3 is 0 Å². The second-order valence-electron chi connectivity index (χ2n) is 1.15. The fraction of sp³-hybridized carbons (Fsp3) is 0.400. The lowest BCUT2D eigenvalue weighted by atomic mass is 10.5. The third-order valence-electron chi connectivity index (χ3n) is 0.439. The topological polar surface area (TPSA) is 17.1 Å². The van der Waals surface area contributed by atoms with Gasteiger partial charge >= 0.3 is 0 Å². The van der Waals surface area contributed by atoms with Crippen LogP contribution < -0.4 is 0 Å². The summed E-state index contributed by atoms with van der Waals surface area (Å²) < 4.78 is 0. The normalized spacial score (nSPS) is 10.0. The molecule has 0 aromatic rings. The van der Waals surface area contributed by atoms with E-state index in [4.69, 9.17) is 0 Å². The largest absolute Gasteiger partial charge is 0.295 e. The minimum absolute atomic E-state index is 0.106. The van der Waals surface area contributed by atoms with Crippen molar-refractivity contribution in [1.29, 1.82) is 0 Å². The molecule has 0 amide bonds. The summed E-state index contributed by atoms with van der Waals surface area (Å²) in [5.74, 6) is 0.106. The van der Waals surface area contributed by atoms with Crippen molar-refractivity contribution in [2.24, 2.45) is 0 Å². The van der Waals surface area contributed by atoms with Gasteiger partial charge in [0.25, 0.3) is 0 Å². The van der Waals surface area contributed by atoms with Crippen LogP contribution in [0.2, 0.25) is 0 Å². The van der Waals surface area contributed by atoms with Crippen molar-refractivity contribution >= 4 is 17.5 Å². The molecule has 0 radical (unpaired) electrons. The number of rotatable bonds is 2. The van der Waals surface area contributed by atoms with Crippen LogP contribution in [-0.4, -0.2) is 12.0 Å². The molecule has 0 bridgehead atoms. The van der Waals surface area contributed by atoms with Gasteiger partial charge in [-0.3, -0.25) is 4.79 Å². The Labute approximate surface area is 47.8 Å². The third-order valence-corrected chi connectivity index (χ3v) is 0.847. The summed E-state index contributed by atoms with van der Waals surface area (Å²) in [4.78, 5) is 10.1. The molecule has 0 aliphatic heterocycles. The van der Waals surface area contributed by atoms with E-state index in [9.17, 15) is 4.79 Å². The minimum atomic E-state index is 0.106. The highest BCUT2D eigenvalue weighted by Gasteiger charge is 1.75. The van der Waals surface area contributed by atoms with Crippen LogP contribution >= 0.6 is 11.8 Å². The van der Waals surface area contributed by atoms with Gasteiger partial charge in [0.2, 0.25) is 0 Å². The summed E-state index contributed by atoms with van der Waals surface area (Å²) in [5.41, 5.74) is 0. The molecule has 0 fully saturated rings. The maximum absolute atomic E-state index is 10.1. The van der Waals surface area contributed by atoms with Gasteiger partial charge in [0, 0.05) is 0 Å². The second-order valence-corrected chi connectivity index (χ2v) is 1.89. The standard InChI is InChI=1S/C5H8OS/c1-5(6)3-4-7-2/h3-4H,1-2H3/b4-3+. The van der Waals surface area contributed by atoms with Crippen molar-refractivity contribution < 1.29 is 4.79 Å². The number of carbonyl (C=O) groups is 1. The van der Waals surface area contributed by atoms with Gasteiger partial charge in [-0.1, -0.05) is 0 Å². The molecule has 40 valence electrons.